The van der Waals surface area contributed by atoms with Crippen molar-refractivity contribution in [3.8, 4) is 0 Å². The van der Waals surface area contributed by atoms with E-state index in [-0.39, 0.29) is 24.4 Å². The summed E-state index contributed by atoms with van der Waals surface area (Å²) >= 11 is 0. The molecule has 0 unspecified atom stereocenters. The first-order chi connectivity index (χ1) is 17.1. The molecule has 0 aromatic heterocycles. The third-order valence-electron chi connectivity index (χ3n) is 7.00. The summed E-state index contributed by atoms with van der Waals surface area (Å²) in [5.41, 5.74) is 2.21. The van der Waals surface area contributed by atoms with Gasteiger partial charge in [-0.15, -0.1) is 0 Å². The van der Waals surface area contributed by atoms with Crippen LogP contribution in [0, 0.1) is 11.8 Å². The molecular formula is C30H24O5. The summed E-state index contributed by atoms with van der Waals surface area (Å²) in [7, 11) is 0. The van der Waals surface area contributed by atoms with Crippen molar-refractivity contribution >= 4 is 28.5 Å². The molecule has 35 heavy (non-hydrogen) atoms. The Morgan fingerprint density at radius 2 is 1.23 bits per heavy atom. The summed E-state index contributed by atoms with van der Waals surface area (Å²) in [4.78, 5) is 37.7. The summed E-state index contributed by atoms with van der Waals surface area (Å²) in [5.74, 6) is -4.41. The molecule has 1 aliphatic carbocycles. The number of rotatable bonds is 7. The minimum absolute atomic E-state index is 0.0740. The van der Waals surface area contributed by atoms with E-state index in [0.29, 0.717) is 5.56 Å². The molecule has 0 heterocycles. The maximum atomic E-state index is 13.1. The Labute approximate surface area is 203 Å². The molecule has 4 aromatic carbocycles. The van der Waals surface area contributed by atoms with Gasteiger partial charge >= 0.3 is 11.9 Å². The molecule has 0 radical (unpaired) electrons. The van der Waals surface area contributed by atoms with Crippen LogP contribution in [0.4, 0.5) is 0 Å². The fourth-order valence-corrected chi connectivity index (χ4v) is 5.42. The second-order valence-corrected chi connectivity index (χ2v) is 8.86. The quantitative estimate of drug-likeness (QED) is 0.290. The minimum Gasteiger partial charge on any atom is -0.475 e. The Kier molecular flexibility index (Phi) is 6.15. The molecule has 1 fully saturated rings. The molecule has 1 aliphatic rings. The van der Waals surface area contributed by atoms with E-state index in [2.05, 4.69) is 0 Å². The standard InChI is InChI=1S/C30H24O5/c31-28(29(32)33)27-25(20-11-3-1-4-12-20)24(26(27)21-13-5-2-6-14-21)18-35-30(34)23-17-9-15-19-10-7-8-16-22(19)23/h1-17,24-27H,18H2,(H,32,33)/t24?,25-,26-,27?/m1/s1. The van der Waals surface area contributed by atoms with Crippen LogP contribution in [0.25, 0.3) is 10.8 Å². The van der Waals surface area contributed by atoms with E-state index in [4.69, 9.17) is 4.74 Å². The summed E-state index contributed by atoms with van der Waals surface area (Å²) in [5, 5.41) is 11.3. The maximum absolute atomic E-state index is 13.1. The highest BCUT2D eigenvalue weighted by atomic mass is 16.5. The van der Waals surface area contributed by atoms with Gasteiger partial charge in [0.25, 0.3) is 0 Å². The lowest BCUT2D eigenvalue weighted by atomic mass is 9.51. The van der Waals surface area contributed by atoms with Crippen LogP contribution in [-0.4, -0.2) is 29.4 Å². The number of fused-ring (bicyclic) bond motifs is 1. The van der Waals surface area contributed by atoms with E-state index in [9.17, 15) is 19.5 Å². The van der Waals surface area contributed by atoms with E-state index in [1.54, 1.807) is 6.07 Å². The van der Waals surface area contributed by atoms with E-state index >= 15 is 0 Å². The van der Waals surface area contributed by atoms with Crippen LogP contribution in [0.2, 0.25) is 0 Å². The molecule has 1 N–H and O–H groups in total. The van der Waals surface area contributed by atoms with Crippen LogP contribution in [-0.2, 0) is 14.3 Å². The second-order valence-electron chi connectivity index (χ2n) is 8.86. The number of carbonyl (C=O) groups excluding carboxylic acids is 2. The summed E-state index contributed by atoms with van der Waals surface area (Å²) in [6, 6.07) is 31.9. The summed E-state index contributed by atoms with van der Waals surface area (Å²) < 4.78 is 5.83. The molecular weight excluding hydrogens is 440 g/mol. The average molecular weight is 465 g/mol. The van der Waals surface area contributed by atoms with Crippen molar-refractivity contribution in [2.45, 2.75) is 11.8 Å². The predicted molar refractivity (Wildman–Crippen MR) is 132 cm³/mol. The minimum atomic E-state index is -1.44. The van der Waals surface area contributed by atoms with E-state index in [1.807, 2.05) is 97.1 Å². The van der Waals surface area contributed by atoms with E-state index in [1.165, 1.54) is 0 Å². The number of Topliss-reactive ketones (excluding diaryl/α,β-unsaturated/α-hetero) is 1. The van der Waals surface area contributed by atoms with Gasteiger partial charge in [0, 0.05) is 23.7 Å². The van der Waals surface area contributed by atoms with Crippen LogP contribution in [0.15, 0.2) is 103 Å². The first-order valence-electron chi connectivity index (χ1n) is 11.6. The normalized spacial score (nSPS) is 21.1. The van der Waals surface area contributed by atoms with Gasteiger partial charge in [-0.1, -0.05) is 97.1 Å². The Bertz CT molecular complexity index is 1330. The van der Waals surface area contributed by atoms with E-state index in [0.717, 1.165) is 21.9 Å². The van der Waals surface area contributed by atoms with Gasteiger partial charge in [-0.2, -0.15) is 0 Å². The lowest BCUT2D eigenvalue weighted by Gasteiger charge is -2.51. The van der Waals surface area contributed by atoms with Gasteiger partial charge in [-0.3, -0.25) is 4.79 Å². The summed E-state index contributed by atoms with van der Waals surface area (Å²) in [6.45, 7) is 0.0740. The number of aliphatic carboxylic acids is 1. The van der Waals surface area contributed by atoms with Gasteiger partial charge < -0.3 is 9.84 Å². The van der Waals surface area contributed by atoms with Crippen LogP contribution in [0.3, 0.4) is 0 Å². The first-order valence-corrected chi connectivity index (χ1v) is 11.6. The van der Waals surface area contributed by atoms with Crippen LogP contribution < -0.4 is 0 Å². The molecule has 0 aliphatic heterocycles. The third-order valence-corrected chi connectivity index (χ3v) is 7.00. The van der Waals surface area contributed by atoms with Crippen molar-refractivity contribution in [3.63, 3.8) is 0 Å². The molecule has 2 atom stereocenters. The Morgan fingerprint density at radius 3 is 1.83 bits per heavy atom. The molecule has 5 rings (SSSR count). The van der Waals surface area contributed by atoms with Crippen molar-refractivity contribution in [1.82, 2.24) is 0 Å². The monoisotopic (exact) mass is 464 g/mol. The summed E-state index contributed by atoms with van der Waals surface area (Å²) in [6.07, 6.45) is 0. The number of ether oxygens (including phenoxy) is 1. The lowest BCUT2D eigenvalue weighted by molar-refractivity contribution is -0.155. The van der Waals surface area contributed by atoms with Crippen LogP contribution in [0.1, 0.15) is 33.3 Å². The van der Waals surface area contributed by atoms with Crippen molar-refractivity contribution < 1.29 is 24.2 Å². The van der Waals surface area contributed by atoms with Gasteiger partial charge in [-0.05, 0) is 28.0 Å². The van der Waals surface area contributed by atoms with Crippen molar-refractivity contribution in [2.24, 2.45) is 11.8 Å². The zero-order valence-corrected chi connectivity index (χ0v) is 18.9. The zero-order valence-electron chi connectivity index (χ0n) is 18.9. The van der Waals surface area contributed by atoms with Crippen LogP contribution >= 0.6 is 0 Å². The number of carbonyl (C=O) groups is 3. The SMILES string of the molecule is O=C(O)C(=O)C1[C@H](c2ccccc2)C(COC(=O)c2cccc3ccccc23)[C@H]1c1ccccc1. The highest BCUT2D eigenvalue weighted by Crippen LogP contribution is 2.58. The first kappa shape index (κ1) is 22.5. The third kappa shape index (κ3) is 4.21. The zero-order chi connectivity index (χ0) is 24.4. The van der Waals surface area contributed by atoms with Gasteiger partial charge in [-0.25, -0.2) is 9.59 Å². The fourth-order valence-electron chi connectivity index (χ4n) is 5.42. The van der Waals surface area contributed by atoms with Gasteiger partial charge in [0.1, 0.15) is 0 Å². The Hall–Kier alpha value is -4.25. The Morgan fingerprint density at radius 1 is 0.686 bits per heavy atom. The highest BCUT2D eigenvalue weighted by Gasteiger charge is 2.56. The second kappa shape index (κ2) is 9.55. The number of esters is 1. The topological polar surface area (TPSA) is 80.7 Å². The molecule has 174 valence electrons. The van der Waals surface area contributed by atoms with Gasteiger partial charge in [0.15, 0.2) is 0 Å². The molecule has 5 nitrogen and oxygen atoms in total. The van der Waals surface area contributed by atoms with Crippen molar-refractivity contribution in [3.05, 3.63) is 120 Å². The van der Waals surface area contributed by atoms with Crippen molar-refractivity contribution in [1.29, 1.82) is 0 Å². The van der Waals surface area contributed by atoms with Gasteiger partial charge in [0.2, 0.25) is 5.78 Å². The number of hydrogen-bond donors (Lipinski definition) is 1. The van der Waals surface area contributed by atoms with Gasteiger partial charge in [0.05, 0.1) is 12.2 Å². The van der Waals surface area contributed by atoms with E-state index < -0.39 is 23.6 Å². The fraction of sp³-hybridized carbons (Fsp3) is 0.167. The molecule has 0 bridgehead atoms. The van der Waals surface area contributed by atoms with Crippen LogP contribution in [0.5, 0.6) is 0 Å². The Balaban J connectivity index is 1.48. The largest absolute Gasteiger partial charge is 0.475 e. The molecule has 1 saturated carbocycles. The maximum Gasteiger partial charge on any atom is 0.372 e. The number of carboxylic acids is 1. The number of carboxylic acid groups (broad SMARTS) is 1. The molecule has 0 amide bonds. The van der Waals surface area contributed by atoms with Crippen molar-refractivity contribution in [2.75, 3.05) is 6.61 Å². The number of hydrogen-bond acceptors (Lipinski definition) is 4. The molecule has 0 spiro atoms. The molecule has 0 saturated heterocycles. The number of ketones is 1. The average Bonchev–Trinajstić information content (AvgIpc) is 2.88. The lowest BCUT2D eigenvalue weighted by Crippen LogP contribution is -2.51. The smallest absolute Gasteiger partial charge is 0.372 e. The highest BCUT2D eigenvalue weighted by molar-refractivity contribution is 6.34. The number of benzene rings is 4. The molecule has 5 heteroatoms. The molecule has 4 aromatic rings. The predicted octanol–water partition coefficient (Wildman–Crippen LogP) is 5.46.